The zero-order chi connectivity index (χ0) is 13.1. The van der Waals surface area contributed by atoms with Crippen molar-refractivity contribution in [3.05, 3.63) is 45.2 Å². The molecule has 19 heavy (non-hydrogen) atoms. The third-order valence-electron chi connectivity index (χ3n) is 2.65. The zero-order valence-electron chi connectivity index (χ0n) is 10.8. The van der Waals surface area contributed by atoms with Crippen molar-refractivity contribution in [2.24, 2.45) is 0 Å². The molecule has 0 fully saturated rings. The van der Waals surface area contributed by atoms with E-state index in [1.165, 1.54) is 16.0 Å². The van der Waals surface area contributed by atoms with Gasteiger partial charge in [0.05, 0.1) is 0 Å². The Morgan fingerprint density at radius 3 is 2.53 bits per heavy atom. The predicted molar refractivity (Wildman–Crippen MR) is 81.2 cm³/mol. The molecule has 0 saturated heterocycles. The summed E-state index contributed by atoms with van der Waals surface area (Å²) in [7, 11) is 0. The summed E-state index contributed by atoms with van der Waals surface area (Å²) in [6.07, 6.45) is 0.794. The SMILES string of the molecule is Br.CCc1nn(CC(=O)c2ccc(C)cc2)c(=N)s1. The number of carbonyl (C=O) groups is 1. The van der Waals surface area contributed by atoms with Crippen LogP contribution in [0.15, 0.2) is 24.3 Å². The van der Waals surface area contributed by atoms with E-state index in [0.717, 1.165) is 17.0 Å². The first-order valence-electron chi connectivity index (χ1n) is 5.81. The summed E-state index contributed by atoms with van der Waals surface area (Å²) in [5.74, 6) is -0.0125. The number of aromatic nitrogens is 2. The molecule has 1 N–H and O–H groups in total. The van der Waals surface area contributed by atoms with Crippen molar-refractivity contribution in [2.75, 3.05) is 0 Å². The summed E-state index contributed by atoms with van der Waals surface area (Å²) in [6.45, 7) is 4.11. The molecule has 2 aromatic rings. The Balaban J connectivity index is 0.00000180. The van der Waals surface area contributed by atoms with Crippen LogP contribution in [0, 0.1) is 12.3 Å². The van der Waals surface area contributed by atoms with Crippen molar-refractivity contribution in [3.8, 4) is 0 Å². The Kier molecular flexibility index (Phi) is 5.62. The number of benzene rings is 1. The smallest absolute Gasteiger partial charge is 0.200 e. The second-order valence-corrected chi connectivity index (χ2v) is 5.16. The van der Waals surface area contributed by atoms with Crippen LogP contribution in [0.1, 0.15) is 27.9 Å². The molecule has 0 bridgehead atoms. The Labute approximate surface area is 126 Å². The van der Waals surface area contributed by atoms with Gasteiger partial charge in [-0.15, -0.1) is 17.0 Å². The molecule has 1 heterocycles. The quantitative estimate of drug-likeness (QED) is 0.869. The first-order chi connectivity index (χ1) is 8.60. The highest BCUT2D eigenvalue weighted by atomic mass is 79.9. The van der Waals surface area contributed by atoms with Crippen LogP contribution in [-0.4, -0.2) is 15.6 Å². The molecule has 0 unspecified atom stereocenters. The minimum absolute atomic E-state index is 0. The monoisotopic (exact) mass is 341 g/mol. The molecule has 0 aliphatic carbocycles. The van der Waals surface area contributed by atoms with E-state index in [1.807, 2.05) is 38.1 Å². The van der Waals surface area contributed by atoms with Crippen molar-refractivity contribution in [1.82, 2.24) is 9.78 Å². The molecule has 0 atom stereocenters. The van der Waals surface area contributed by atoms with E-state index in [2.05, 4.69) is 5.10 Å². The average molecular weight is 342 g/mol. The van der Waals surface area contributed by atoms with Gasteiger partial charge in [0.1, 0.15) is 11.6 Å². The normalized spacial score (nSPS) is 10.0. The fourth-order valence-corrected chi connectivity index (χ4v) is 2.30. The number of rotatable bonds is 4. The maximum Gasteiger partial charge on any atom is 0.200 e. The van der Waals surface area contributed by atoms with E-state index in [0.29, 0.717) is 10.4 Å². The molecule has 6 heteroatoms. The molecule has 4 nitrogen and oxygen atoms in total. The van der Waals surface area contributed by atoms with E-state index in [-0.39, 0.29) is 29.3 Å². The predicted octanol–water partition coefficient (Wildman–Crippen LogP) is 2.76. The summed E-state index contributed by atoms with van der Waals surface area (Å²) in [4.78, 5) is 12.4. The van der Waals surface area contributed by atoms with Crippen LogP contribution in [0.2, 0.25) is 0 Å². The van der Waals surface area contributed by atoms with Gasteiger partial charge in [0, 0.05) is 5.56 Å². The van der Waals surface area contributed by atoms with Crippen LogP contribution in [0.25, 0.3) is 0 Å². The molecule has 1 aromatic heterocycles. The molecule has 0 radical (unpaired) electrons. The van der Waals surface area contributed by atoms with Crippen LogP contribution >= 0.6 is 28.3 Å². The van der Waals surface area contributed by atoms with Crippen LogP contribution in [0.3, 0.4) is 0 Å². The van der Waals surface area contributed by atoms with E-state index < -0.39 is 0 Å². The van der Waals surface area contributed by atoms with Gasteiger partial charge in [0.15, 0.2) is 5.78 Å². The van der Waals surface area contributed by atoms with E-state index in [9.17, 15) is 4.79 Å². The topological polar surface area (TPSA) is 58.7 Å². The maximum atomic E-state index is 12.0. The number of ketones is 1. The van der Waals surface area contributed by atoms with Gasteiger partial charge >= 0.3 is 0 Å². The Morgan fingerprint density at radius 1 is 1.37 bits per heavy atom. The second-order valence-electron chi connectivity index (χ2n) is 4.10. The Hall–Kier alpha value is -1.27. The third kappa shape index (κ3) is 3.84. The van der Waals surface area contributed by atoms with Crippen LogP contribution in [0.4, 0.5) is 0 Å². The number of nitrogens with zero attached hydrogens (tertiary/aromatic N) is 2. The number of nitrogens with one attached hydrogen (secondary N) is 1. The number of halogens is 1. The van der Waals surface area contributed by atoms with Crippen LogP contribution in [-0.2, 0) is 13.0 Å². The van der Waals surface area contributed by atoms with Gasteiger partial charge in [0.2, 0.25) is 4.80 Å². The number of hydrogen-bond acceptors (Lipinski definition) is 4. The van der Waals surface area contributed by atoms with Crippen molar-refractivity contribution in [1.29, 1.82) is 5.41 Å². The lowest BCUT2D eigenvalue weighted by Gasteiger charge is -2.01. The molecule has 0 spiro atoms. The second kappa shape index (κ2) is 6.77. The summed E-state index contributed by atoms with van der Waals surface area (Å²) < 4.78 is 1.46. The molecule has 0 saturated carbocycles. The first-order valence-corrected chi connectivity index (χ1v) is 6.63. The highest BCUT2D eigenvalue weighted by Crippen LogP contribution is 2.06. The van der Waals surface area contributed by atoms with E-state index >= 15 is 0 Å². The van der Waals surface area contributed by atoms with E-state index in [1.54, 1.807) is 0 Å². The van der Waals surface area contributed by atoms with Gasteiger partial charge in [0.25, 0.3) is 0 Å². The average Bonchev–Trinajstić information content (AvgIpc) is 2.71. The molecule has 1 aromatic carbocycles. The number of Topliss-reactive ketones (excluding diaryl/α,β-unsaturated/α-hetero) is 1. The lowest BCUT2D eigenvalue weighted by atomic mass is 10.1. The van der Waals surface area contributed by atoms with Crippen molar-refractivity contribution < 1.29 is 4.79 Å². The van der Waals surface area contributed by atoms with Gasteiger partial charge in [-0.1, -0.05) is 48.1 Å². The highest BCUT2D eigenvalue weighted by Gasteiger charge is 2.09. The van der Waals surface area contributed by atoms with Crippen molar-refractivity contribution in [2.45, 2.75) is 26.8 Å². The lowest BCUT2D eigenvalue weighted by molar-refractivity contribution is 0.0966. The van der Waals surface area contributed by atoms with Gasteiger partial charge in [-0.3, -0.25) is 10.2 Å². The van der Waals surface area contributed by atoms with Crippen LogP contribution in [0.5, 0.6) is 0 Å². The van der Waals surface area contributed by atoms with Crippen molar-refractivity contribution in [3.63, 3.8) is 0 Å². The number of hydrogen-bond donors (Lipinski definition) is 1. The van der Waals surface area contributed by atoms with Gasteiger partial charge < -0.3 is 0 Å². The highest BCUT2D eigenvalue weighted by molar-refractivity contribution is 8.93. The van der Waals surface area contributed by atoms with Gasteiger partial charge in [-0.2, -0.15) is 5.10 Å². The fourth-order valence-electron chi connectivity index (χ4n) is 1.58. The fraction of sp³-hybridized carbons (Fsp3) is 0.308. The minimum Gasteiger partial charge on any atom is -0.292 e. The third-order valence-corrected chi connectivity index (χ3v) is 3.66. The zero-order valence-corrected chi connectivity index (χ0v) is 13.4. The molecule has 102 valence electrons. The Bertz CT molecular complexity index is 616. The lowest BCUT2D eigenvalue weighted by Crippen LogP contribution is -2.21. The number of carbonyl (C=O) groups excluding carboxylic acids is 1. The minimum atomic E-state index is -0.0125. The van der Waals surface area contributed by atoms with Gasteiger partial charge in [-0.25, -0.2) is 4.68 Å². The summed E-state index contributed by atoms with van der Waals surface area (Å²) in [5.41, 5.74) is 1.79. The van der Waals surface area contributed by atoms with Crippen LogP contribution < -0.4 is 4.80 Å². The number of aryl methyl sites for hydroxylation is 2. The maximum absolute atomic E-state index is 12.0. The summed E-state index contributed by atoms with van der Waals surface area (Å²) in [5, 5.41) is 12.9. The summed E-state index contributed by atoms with van der Waals surface area (Å²) >= 11 is 1.32. The molecule has 0 aliphatic heterocycles. The van der Waals surface area contributed by atoms with Crippen molar-refractivity contribution >= 4 is 34.1 Å². The van der Waals surface area contributed by atoms with Gasteiger partial charge in [-0.05, 0) is 13.3 Å². The molecule has 2 rings (SSSR count). The molecular weight excluding hydrogens is 326 g/mol. The molecule has 0 amide bonds. The van der Waals surface area contributed by atoms with E-state index in [4.69, 9.17) is 5.41 Å². The largest absolute Gasteiger partial charge is 0.292 e. The Morgan fingerprint density at radius 2 is 2.00 bits per heavy atom. The first kappa shape index (κ1) is 15.8. The molecular formula is C13H16BrN3OS. The molecule has 0 aliphatic rings. The summed E-state index contributed by atoms with van der Waals surface area (Å²) in [6, 6.07) is 7.46. The standard InChI is InChI=1S/C13H15N3OS.BrH/c1-3-12-15-16(13(14)18-12)8-11(17)10-6-4-9(2)5-7-10;/h4-7,14H,3,8H2,1-2H3;1H.